The van der Waals surface area contributed by atoms with Crippen molar-refractivity contribution in [2.24, 2.45) is 10.7 Å². The van der Waals surface area contributed by atoms with E-state index in [-0.39, 0.29) is 41.4 Å². The van der Waals surface area contributed by atoms with Gasteiger partial charge in [-0.15, -0.1) is 0 Å². The van der Waals surface area contributed by atoms with E-state index >= 15 is 4.39 Å². The van der Waals surface area contributed by atoms with E-state index in [2.05, 4.69) is 9.98 Å². The van der Waals surface area contributed by atoms with Gasteiger partial charge in [-0.3, -0.25) is 9.98 Å². The Balaban J connectivity index is 1.75. The number of sulfone groups is 1. The van der Waals surface area contributed by atoms with Crippen molar-refractivity contribution in [2.75, 3.05) is 13.2 Å². The van der Waals surface area contributed by atoms with Crippen molar-refractivity contribution in [3.05, 3.63) is 64.7 Å². The Labute approximate surface area is 184 Å². The largest absolute Gasteiger partial charge is 0.386 e. The molecule has 0 bridgehead atoms. The first-order valence-electron chi connectivity index (χ1n) is 9.73. The van der Waals surface area contributed by atoms with Crippen molar-refractivity contribution in [1.82, 2.24) is 4.98 Å². The summed E-state index contributed by atoms with van der Waals surface area (Å²) < 4.78 is 60.2. The zero-order valence-corrected chi connectivity index (χ0v) is 18.2. The van der Waals surface area contributed by atoms with Crippen LogP contribution < -0.4 is 5.73 Å². The van der Waals surface area contributed by atoms with Crippen molar-refractivity contribution in [1.29, 1.82) is 5.26 Å². The summed E-state index contributed by atoms with van der Waals surface area (Å²) in [5, 5.41) is 7.71. The second kappa shape index (κ2) is 7.46. The van der Waals surface area contributed by atoms with Gasteiger partial charge in [0, 0.05) is 11.8 Å². The second-order valence-electron chi connectivity index (χ2n) is 8.26. The lowest BCUT2D eigenvalue weighted by atomic mass is 9.87. The molecule has 2 N–H and O–H groups in total. The van der Waals surface area contributed by atoms with Crippen LogP contribution in [0.2, 0.25) is 0 Å². The molecule has 2 aliphatic rings. The van der Waals surface area contributed by atoms with E-state index in [0.717, 1.165) is 12.1 Å². The molecule has 7 nitrogen and oxygen atoms in total. The van der Waals surface area contributed by atoms with Crippen molar-refractivity contribution >= 4 is 27.6 Å². The van der Waals surface area contributed by atoms with E-state index in [1.807, 2.05) is 6.07 Å². The van der Waals surface area contributed by atoms with E-state index in [1.165, 1.54) is 44.3 Å². The maximum atomic E-state index is 15.2. The van der Waals surface area contributed by atoms with Crippen LogP contribution in [0.15, 0.2) is 41.5 Å². The summed E-state index contributed by atoms with van der Waals surface area (Å²) >= 11 is 0. The van der Waals surface area contributed by atoms with Crippen molar-refractivity contribution in [3.63, 3.8) is 0 Å². The van der Waals surface area contributed by atoms with Crippen LogP contribution in [0.4, 0.5) is 8.78 Å². The van der Waals surface area contributed by atoms with Crippen LogP contribution in [0.25, 0.3) is 11.9 Å². The average molecular weight is 458 g/mol. The molecule has 166 valence electrons. The lowest BCUT2D eigenvalue weighted by Crippen LogP contribution is -2.60. The highest BCUT2D eigenvalue weighted by atomic mass is 32.2. The molecule has 0 spiro atoms. The van der Waals surface area contributed by atoms with Crippen LogP contribution in [0.1, 0.15) is 36.2 Å². The summed E-state index contributed by atoms with van der Waals surface area (Å²) in [6.45, 7) is 2.67. The zero-order valence-electron chi connectivity index (χ0n) is 17.3. The lowest BCUT2D eigenvalue weighted by Gasteiger charge is -2.41. The van der Waals surface area contributed by atoms with Gasteiger partial charge in [-0.1, -0.05) is 12.1 Å². The Bertz CT molecular complexity index is 1300. The molecule has 2 aromatic rings. The highest BCUT2D eigenvalue weighted by Crippen LogP contribution is 2.46. The zero-order chi connectivity index (χ0) is 23.3. The van der Waals surface area contributed by atoms with E-state index < -0.39 is 37.0 Å². The third-order valence-corrected chi connectivity index (χ3v) is 8.94. The number of pyridine rings is 1. The molecule has 1 saturated heterocycles. The molecular formula is C22H20F2N4O3S. The van der Waals surface area contributed by atoms with Crippen molar-refractivity contribution in [3.8, 4) is 6.07 Å². The minimum Gasteiger partial charge on any atom is -0.386 e. The predicted molar refractivity (Wildman–Crippen MR) is 115 cm³/mol. The van der Waals surface area contributed by atoms with Gasteiger partial charge in [0.15, 0.2) is 9.84 Å². The van der Waals surface area contributed by atoms with Gasteiger partial charge in [0.05, 0.1) is 24.5 Å². The Morgan fingerprint density at radius 1 is 1.34 bits per heavy atom. The van der Waals surface area contributed by atoms with Crippen molar-refractivity contribution in [2.45, 2.75) is 29.4 Å². The number of aromatic nitrogens is 1. The van der Waals surface area contributed by atoms with Crippen LogP contribution in [0, 0.1) is 17.1 Å². The molecule has 1 fully saturated rings. The molecular weight excluding hydrogens is 438 g/mol. The van der Waals surface area contributed by atoms with Gasteiger partial charge in [0.25, 0.3) is 0 Å². The fourth-order valence-electron chi connectivity index (χ4n) is 3.96. The summed E-state index contributed by atoms with van der Waals surface area (Å²) in [5.74, 6) is -1.58. The topological polar surface area (TPSA) is 118 Å². The first-order valence-corrected chi connectivity index (χ1v) is 11.3. The number of aliphatic imine (C=N–C) groups is 1. The highest BCUT2D eigenvalue weighted by Gasteiger charge is 2.61. The standard InChI is InChI=1S/C22H20F2N4O3S/c1-21(2)20(26)28-22(12-31-11-19(22)32(21,29)30)15-5-3-13(7-16(15)23)8-17(24)18-6-4-14(9-25)10-27-18/h3-8,10,19H,11-12H2,1-2H3,(H2,26,28)/b17-8-/t19-,22-/m1/s1. The molecule has 1 aromatic heterocycles. The number of ether oxygens (including phenoxy) is 1. The van der Waals surface area contributed by atoms with Gasteiger partial charge in [-0.25, -0.2) is 17.2 Å². The number of nitrogens with zero attached hydrogens (tertiary/aromatic N) is 3. The number of nitriles is 1. The quantitative estimate of drug-likeness (QED) is 0.756. The highest BCUT2D eigenvalue weighted by molar-refractivity contribution is 7.94. The molecule has 1 aromatic carbocycles. The van der Waals surface area contributed by atoms with Crippen molar-refractivity contribution < 1.29 is 21.9 Å². The number of halogens is 2. The second-order valence-corrected chi connectivity index (χ2v) is 10.9. The van der Waals surface area contributed by atoms with Crippen LogP contribution in [-0.2, 0) is 20.1 Å². The molecule has 0 amide bonds. The van der Waals surface area contributed by atoms with Gasteiger partial charge in [0.2, 0.25) is 0 Å². The molecule has 0 saturated carbocycles. The number of fused-ring (bicyclic) bond motifs is 1. The maximum Gasteiger partial charge on any atom is 0.170 e. The molecule has 0 radical (unpaired) electrons. The third-order valence-electron chi connectivity index (χ3n) is 6.04. The molecule has 10 heteroatoms. The maximum absolute atomic E-state index is 15.2. The number of nitrogens with two attached hydrogens (primary N) is 1. The van der Waals surface area contributed by atoms with E-state index in [4.69, 9.17) is 15.7 Å². The molecule has 2 aliphatic heterocycles. The molecule has 0 aliphatic carbocycles. The van der Waals surface area contributed by atoms with Gasteiger partial charge in [-0.2, -0.15) is 5.26 Å². The first kappa shape index (κ1) is 22.0. The van der Waals surface area contributed by atoms with Crippen LogP contribution >= 0.6 is 0 Å². The molecule has 4 rings (SSSR count). The fraction of sp³-hybridized carbons (Fsp3) is 0.318. The Morgan fingerprint density at radius 3 is 2.72 bits per heavy atom. The summed E-state index contributed by atoms with van der Waals surface area (Å²) in [6.07, 6.45) is 2.33. The SMILES string of the molecule is CC1(C)C(N)=N[C@@]2(c3ccc(/C=C(\F)c4ccc(C#N)cn4)cc3F)COC[C@H]2S1(=O)=O. The van der Waals surface area contributed by atoms with Crippen LogP contribution in [0.3, 0.4) is 0 Å². The number of amidine groups is 1. The smallest absolute Gasteiger partial charge is 0.170 e. The van der Waals surface area contributed by atoms with Gasteiger partial charge >= 0.3 is 0 Å². The molecule has 3 heterocycles. The molecule has 32 heavy (non-hydrogen) atoms. The van der Waals surface area contributed by atoms with Crippen LogP contribution in [-0.4, -0.2) is 42.4 Å². The van der Waals surface area contributed by atoms with Gasteiger partial charge in [-0.05, 0) is 43.7 Å². The van der Waals surface area contributed by atoms with E-state index in [0.29, 0.717) is 0 Å². The van der Waals surface area contributed by atoms with E-state index in [9.17, 15) is 12.8 Å². The minimum absolute atomic E-state index is 0.00526. The number of benzene rings is 1. The van der Waals surface area contributed by atoms with Crippen LogP contribution in [0.5, 0.6) is 0 Å². The summed E-state index contributed by atoms with van der Waals surface area (Å²) in [4.78, 5) is 8.30. The Morgan fingerprint density at radius 2 is 2.09 bits per heavy atom. The summed E-state index contributed by atoms with van der Waals surface area (Å²) in [5.41, 5.74) is 5.01. The Kier molecular flexibility index (Phi) is 5.14. The number of hydrogen-bond donors (Lipinski definition) is 1. The van der Waals surface area contributed by atoms with Gasteiger partial charge in [0.1, 0.15) is 39.1 Å². The minimum atomic E-state index is -3.83. The summed E-state index contributed by atoms with van der Waals surface area (Å²) in [6, 6.07) is 8.61. The lowest BCUT2D eigenvalue weighted by molar-refractivity contribution is 0.178. The summed E-state index contributed by atoms with van der Waals surface area (Å²) in [7, 11) is -3.83. The van der Waals surface area contributed by atoms with E-state index in [1.54, 1.807) is 0 Å². The first-order chi connectivity index (χ1) is 15.0. The third kappa shape index (κ3) is 3.20. The van der Waals surface area contributed by atoms with Gasteiger partial charge < -0.3 is 10.5 Å². The Hall–Kier alpha value is -3.16. The molecule has 0 unspecified atom stereocenters. The predicted octanol–water partition coefficient (Wildman–Crippen LogP) is 2.72. The number of rotatable bonds is 3. The fourth-order valence-corrected chi connectivity index (χ4v) is 6.04. The average Bonchev–Trinajstić information content (AvgIpc) is 3.18. The monoisotopic (exact) mass is 458 g/mol. The molecule has 2 atom stereocenters. The normalized spacial score (nSPS) is 26.2. The number of hydrogen-bond acceptors (Lipinski definition) is 7.